The molecule has 0 saturated carbocycles. The van der Waals surface area contributed by atoms with Crippen LogP contribution >= 0.6 is 0 Å². The van der Waals surface area contributed by atoms with Crippen LogP contribution in [-0.4, -0.2) is 91.0 Å². The highest BCUT2D eigenvalue weighted by atomic mass is 16.6. The van der Waals surface area contributed by atoms with Crippen molar-refractivity contribution in [3.8, 4) is 0 Å². The number of anilines is 1. The number of rotatable bonds is 4. The lowest BCUT2D eigenvalue weighted by molar-refractivity contribution is 0.0139. The van der Waals surface area contributed by atoms with Crippen LogP contribution in [0.1, 0.15) is 31.9 Å². The van der Waals surface area contributed by atoms with Crippen LogP contribution < -0.4 is 15.7 Å². The van der Waals surface area contributed by atoms with Crippen LogP contribution in [0.15, 0.2) is 12.1 Å². The Balaban J connectivity index is 1.69. The monoisotopic (exact) mass is 418 g/mol. The molecule has 2 heterocycles. The van der Waals surface area contributed by atoms with E-state index in [-0.39, 0.29) is 6.09 Å². The Bertz CT molecular complexity index is 739. The highest BCUT2D eigenvalue weighted by molar-refractivity contribution is 6.58. The van der Waals surface area contributed by atoms with Gasteiger partial charge in [0.2, 0.25) is 0 Å². The Morgan fingerprint density at radius 1 is 1.10 bits per heavy atom. The van der Waals surface area contributed by atoms with Crippen molar-refractivity contribution in [2.45, 2.75) is 39.8 Å². The number of carbonyl (C=O) groups excluding carboxylic acids is 1. The minimum atomic E-state index is -1.49. The van der Waals surface area contributed by atoms with Gasteiger partial charge in [0.15, 0.2) is 0 Å². The van der Waals surface area contributed by atoms with E-state index in [1.54, 1.807) is 4.90 Å². The molecule has 1 aromatic carbocycles. The van der Waals surface area contributed by atoms with E-state index in [1.165, 1.54) is 5.56 Å². The van der Waals surface area contributed by atoms with Crippen molar-refractivity contribution in [2.24, 2.45) is 0 Å². The summed E-state index contributed by atoms with van der Waals surface area (Å²) in [4.78, 5) is 18.7. The molecule has 2 fully saturated rings. The van der Waals surface area contributed by atoms with Gasteiger partial charge in [0.25, 0.3) is 0 Å². The number of nitrogens with one attached hydrogen (secondary N) is 1. The number of hydrogen-bond acceptors (Lipinski definition) is 7. The zero-order chi connectivity index (χ0) is 21.9. The summed E-state index contributed by atoms with van der Waals surface area (Å²) in [5.41, 5.74) is 3.38. The van der Waals surface area contributed by atoms with Crippen molar-refractivity contribution in [2.75, 3.05) is 57.3 Å². The first-order valence-electron chi connectivity index (χ1n) is 10.8. The van der Waals surface area contributed by atoms with Crippen molar-refractivity contribution in [3.05, 3.63) is 23.3 Å². The standard InChI is InChI=1S/C21H35BN4O4/c1-16-17(13-18(22(28)29)14-19(16)25-7-5-23-6-8-25)15-24-9-11-26(12-10-24)20(27)30-21(2,3)4/h13-14,23,28-29H,5-12,15H2,1-4H3. The summed E-state index contributed by atoms with van der Waals surface area (Å²) in [5.74, 6) is 0. The van der Waals surface area contributed by atoms with Crippen LogP contribution in [0.2, 0.25) is 0 Å². The lowest BCUT2D eigenvalue weighted by Crippen LogP contribution is -2.49. The maximum absolute atomic E-state index is 12.3. The quantitative estimate of drug-likeness (QED) is 0.600. The molecule has 9 heteroatoms. The molecule has 2 aliphatic rings. The number of carbonyl (C=O) groups is 1. The normalized spacial score (nSPS) is 18.5. The molecule has 1 aromatic rings. The molecule has 166 valence electrons. The van der Waals surface area contributed by atoms with Gasteiger partial charge in [-0.1, -0.05) is 6.07 Å². The van der Waals surface area contributed by atoms with Gasteiger partial charge in [-0.25, -0.2) is 4.79 Å². The third kappa shape index (κ3) is 5.88. The summed E-state index contributed by atoms with van der Waals surface area (Å²) in [7, 11) is -1.49. The van der Waals surface area contributed by atoms with Crippen LogP contribution in [0.4, 0.5) is 10.5 Å². The molecule has 0 bridgehead atoms. The zero-order valence-corrected chi connectivity index (χ0v) is 18.6. The Labute approximate surface area is 179 Å². The SMILES string of the molecule is Cc1c(CN2CCN(C(=O)OC(C)(C)C)CC2)cc(B(O)O)cc1N1CCNCC1. The predicted octanol–water partition coefficient (Wildman–Crippen LogP) is 0.137. The van der Waals surface area contributed by atoms with Gasteiger partial charge >= 0.3 is 13.2 Å². The predicted molar refractivity (Wildman–Crippen MR) is 119 cm³/mol. The van der Waals surface area contributed by atoms with Gasteiger partial charge in [0, 0.05) is 64.6 Å². The van der Waals surface area contributed by atoms with E-state index in [0.717, 1.165) is 50.5 Å². The van der Waals surface area contributed by atoms with Gasteiger partial charge in [0.1, 0.15) is 5.60 Å². The van der Waals surface area contributed by atoms with Crippen LogP contribution in [0.25, 0.3) is 0 Å². The van der Waals surface area contributed by atoms with Crippen molar-refractivity contribution in [1.82, 2.24) is 15.1 Å². The molecule has 3 rings (SSSR count). The maximum atomic E-state index is 12.3. The molecular formula is C21H35BN4O4. The largest absolute Gasteiger partial charge is 0.488 e. The molecule has 0 atom stereocenters. The van der Waals surface area contributed by atoms with Gasteiger partial charge < -0.3 is 29.9 Å². The lowest BCUT2D eigenvalue weighted by atomic mass is 9.78. The third-order valence-corrected chi connectivity index (χ3v) is 5.68. The van der Waals surface area contributed by atoms with Crippen molar-refractivity contribution in [1.29, 1.82) is 0 Å². The number of benzene rings is 1. The molecule has 30 heavy (non-hydrogen) atoms. The van der Waals surface area contributed by atoms with E-state index < -0.39 is 12.7 Å². The summed E-state index contributed by atoms with van der Waals surface area (Å²) in [6.45, 7) is 14.9. The number of piperazine rings is 2. The Hall–Kier alpha value is -1.81. The first-order valence-corrected chi connectivity index (χ1v) is 10.8. The zero-order valence-electron chi connectivity index (χ0n) is 18.6. The van der Waals surface area contributed by atoms with Crippen molar-refractivity contribution in [3.63, 3.8) is 0 Å². The van der Waals surface area contributed by atoms with Gasteiger partial charge in [-0.3, -0.25) is 4.90 Å². The fraction of sp³-hybridized carbons (Fsp3) is 0.667. The molecule has 8 nitrogen and oxygen atoms in total. The van der Waals surface area contributed by atoms with Gasteiger partial charge in [-0.15, -0.1) is 0 Å². The molecule has 0 spiro atoms. The van der Waals surface area contributed by atoms with Crippen molar-refractivity contribution < 1.29 is 19.6 Å². The summed E-state index contributed by atoms with van der Waals surface area (Å²) < 4.78 is 5.48. The molecule has 0 radical (unpaired) electrons. The summed E-state index contributed by atoms with van der Waals surface area (Å²) in [6, 6.07) is 3.79. The molecule has 0 aliphatic carbocycles. The van der Waals surface area contributed by atoms with E-state index in [0.29, 0.717) is 25.1 Å². The summed E-state index contributed by atoms with van der Waals surface area (Å²) >= 11 is 0. The van der Waals surface area contributed by atoms with Crippen molar-refractivity contribution >= 4 is 24.4 Å². The highest BCUT2D eigenvalue weighted by Gasteiger charge is 2.27. The number of ether oxygens (including phenoxy) is 1. The van der Waals surface area contributed by atoms with Gasteiger partial charge in [-0.05, 0) is 50.4 Å². The molecule has 1 amide bonds. The van der Waals surface area contributed by atoms with E-state index in [1.807, 2.05) is 32.9 Å². The Morgan fingerprint density at radius 3 is 2.30 bits per heavy atom. The van der Waals surface area contributed by atoms with Crippen LogP contribution in [0, 0.1) is 6.92 Å². The van der Waals surface area contributed by atoms with E-state index in [4.69, 9.17) is 4.74 Å². The minimum absolute atomic E-state index is 0.260. The summed E-state index contributed by atoms with van der Waals surface area (Å²) in [5, 5.41) is 23.0. The molecule has 0 aromatic heterocycles. The first kappa shape index (κ1) is 22.9. The van der Waals surface area contributed by atoms with Crippen LogP contribution in [-0.2, 0) is 11.3 Å². The first-order chi connectivity index (χ1) is 14.1. The second kappa shape index (κ2) is 9.55. The Kier molecular flexibility index (Phi) is 7.28. The fourth-order valence-electron chi connectivity index (χ4n) is 3.99. The maximum Gasteiger partial charge on any atom is 0.488 e. The van der Waals surface area contributed by atoms with E-state index in [9.17, 15) is 14.8 Å². The average Bonchev–Trinajstić information content (AvgIpc) is 2.69. The summed E-state index contributed by atoms with van der Waals surface area (Å²) in [6.07, 6.45) is -0.260. The van der Waals surface area contributed by atoms with E-state index >= 15 is 0 Å². The number of nitrogens with zero attached hydrogens (tertiary/aromatic N) is 3. The van der Waals surface area contributed by atoms with E-state index in [2.05, 4.69) is 22.0 Å². The second-order valence-electron chi connectivity index (χ2n) is 9.18. The highest BCUT2D eigenvalue weighted by Crippen LogP contribution is 2.24. The molecule has 3 N–H and O–H groups in total. The topological polar surface area (TPSA) is 88.5 Å². The smallest absolute Gasteiger partial charge is 0.444 e. The van der Waals surface area contributed by atoms with Gasteiger partial charge in [-0.2, -0.15) is 0 Å². The lowest BCUT2D eigenvalue weighted by Gasteiger charge is -2.36. The number of hydrogen-bond donors (Lipinski definition) is 3. The second-order valence-corrected chi connectivity index (χ2v) is 9.18. The van der Waals surface area contributed by atoms with Crippen LogP contribution in [0.5, 0.6) is 0 Å². The number of amides is 1. The molecule has 0 unspecified atom stereocenters. The van der Waals surface area contributed by atoms with Gasteiger partial charge in [0.05, 0.1) is 0 Å². The fourth-order valence-corrected chi connectivity index (χ4v) is 3.99. The van der Waals surface area contributed by atoms with Crippen LogP contribution in [0.3, 0.4) is 0 Å². The molecular weight excluding hydrogens is 383 g/mol. The minimum Gasteiger partial charge on any atom is -0.444 e. The molecule has 2 aliphatic heterocycles. The molecule has 2 saturated heterocycles. The average molecular weight is 418 g/mol. The Morgan fingerprint density at radius 2 is 1.73 bits per heavy atom. The third-order valence-electron chi connectivity index (χ3n) is 5.68.